The molecule has 0 aliphatic heterocycles. The highest BCUT2D eigenvalue weighted by Gasteiger charge is 1.98. The minimum atomic E-state index is 0.323. The predicted molar refractivity (Wildman–Crippen MR) is 42.2 cm³/mol. The summed E-state index contributed by atoms with van der Waals surface area (Å²) in [5.41, 5.74) is 0.807. The highest BCUT2D eigenvalue weighted by Crippen LogP contribution is 2.05. The Labute approximate surface area is 62.5 Å². The Balaban J connectivity index is 3.95. The molecule has 1 N–H and O–H groups in total. The van der Waals surface area contributed by atoms with E-state index >= 15 is 0 Å². The lowest BCUT2D eigenvalue weighted by atomic mass is 10.1. The molecule has 0 spiro atoms. The first kappa shape index (κ1) is 9.03. The molecule has 0 atom stereocenters. The molecule has 10 heavy (non-hydrogen) atoms. The van der Waals surface area contributed by atoms with Crippen LogP contribution in [0.5, 0.6) is 0 Å². The van der Waals surface area contributed by atoms with Gasteiger partial charge in [-0.15, -0.1) is 0 Å². The van der Waals surface area contributed by atoms with E-state index in [0.29, 0.717) is 5.92 Å². The number of nitrogens with zero attached hydrogens (tertiary/aromatic N) is 1. The van der Waals surface area contributed by atoms with Gasteiger partial charge >= 0.3 is 0 Å². The van der Waals surface area contributed by atoms with E-state index in [1.807, 2.05) is 20.8 Å². The first-order valence-electron chi connectivity index (χ1n) is 3.55. The first-order chi connectivity index (χ1) is 4.72. The molecule has 0 fully saturated rings. The third-order valence-corrected chi connectivity index (χ3v) is 1.21. The van der Waals surface area contributed by atoms with Crippen molar-refractivity contribution in [3.8, 4) is 6.07 Å². The highest BCUT2D eigenvalue weighted by molar-refractivity contribution is 5.21. The third-order valence-electron chi connectivity index (χ3n) is 1.21. The van der Waals surface area contributed by atoms with Crippen LogP contribution in [0.4, 0.5) is 0 Å². The van der Waals surface area contributed by atoms with Gasteiger partial charge in [0, 0.05) is 18.3 Å². The van der Waals surface area contributed by atoms with Crippen LogP contribution in [0.2, 0.25) is 0 Å². The van der Waals surface area contributed by atoms with Crippen molar-refractivity contribution in [2.24, 2.45) is 5.92 Å². The van der Waals surface area contributed by atoms with Gasteiger partial charge in [0.2, 0.25) is 0 Å². The molecule has 2 heteroatoms. The smallest absolute Gasteiger partial charge is 0.0965 e. The van der Waals surface area contributed by atoms with Crippen LogP contribution in [-0.4, -0.2) is 6.54 Å². The van der Waals surface area contributed by atoms with Crippen LogP contribution in [0.25, 0.3) is 0 Å². The van der Waals surface area contributed by atoms with Crippen LogP contribution < -0.4 is 5.32 Å². The van der Waals surface area contributed by atoms with Crippen LogP contribution in [0.15, 0.2) is 11.8 Å². The number of allylic oxidation sites excluding steroid dienone is 1. The van der Waals surface area contributed by atoms with E-state index in [0.717, 1.165) is 12.1 Å². The molecular formula is C8H14N2. The lowest BCUT2D eigenvalue weighted by Crippen LogP contribution is -2.05. The van der Waals surface area contributed by atoms with Crippen molar-refractivity contribution >= 4 is 0 Å². The second-order valence-electron chi connectivity index (χ2n) is 2.42. The second-order valence-corrected chi connectivity index (χ2v) is 2.42. The van der Waals surface area contributed by atoms with Gasteiger partial charge in [0.25, 0.3) is 0 Å². The summed E-state index contributed by atoms with van der Waals surface area (Å²) < 4.78 is 0. The zero-order valence-electron chi connectivity index (χ0n) is 6.81. The lowest BCUT2D eigenvalue weighted by molar-refractivity contribution is 0.775. The highest BCUT2D eigenvalue weighted by atomic mass is 14.8. The maximum Gasteiger partial charge on any atom is 0.0965 e. The Hall–Kier alpha value is -0.970. The maximum atomic E-state index is 8.56. The number of hydrogen-bond acceptors (Lipinski definition) is 2. The molecule has 0 aromatic carbocycles. The van der Waals surface area contributed by atoms with Crippen molar-refractivity contribution < 1.29 is 0 Å². The largest absolute Gasteiger partial charge is 0.390 e. The number of nitrogens with one attached hydrogen (secondary N) is 1. The zero-order chi connectivity index (χ0) is 7.98. The first-order valence-corrected chi connectivity index (χ1v) is 3.55. The number of rotatable bonds is 3. The molecule has 0 unspecified atom stereocenters. The second kappa shape index (κ2) is 4.87. The Bertz CT molecular complexity index is 151. The Morgan fingerprint density at radius 1 is 1.70 bits per heavy atom. The molecule has 0 amide bonds. The molecule has 0 aromatic rings. The third kappa shape index (κ3) is 3.13. The van der Waals surface area contributed by atoms with E-state index in [1.54, 1.807) is 6.20 Å². The van der Waals surface area contributed by atoms with Crippen molar-refractivity contribution in [2.75, 3.05) is 6.54 Å². The molecule has 0 aliphatic rings. The molecule has 0 heterocycles. The summed E-state index contributed by atoms with van der Waals surface area (Å²) in [6.45, 7) is 6.89. The topological polar surface area (TPSA) is 35.8 Å². The van der Waals surface area contributed by atoms with Crippen LogP contribution >= 0.6 is 0 Å². The van der Waals surface area contributed by atoms with Gasteiger partial charge in [0.05, 0.1) is 6.07 Å². The fourth-order valence-corrected chi connectivity index (χ4v) is 0.540. The van der Waals surface area contributed by atoms with Gasteiger partial charge in [-0.2, -0.15) is 5.26 Å². The van der Waals surface area contributed by atoms with E-state index in [1.165, 1.54) is 0 Å². The number of nitriles is 1. The Morgan fingerprint density at radius 2 is 2.30 bits per heavy atom. The van der Waals surface area contributed by atoms with Gasteiger partial charge in [-0.25, -0.2) is 0 Å². The van der Waals surface area contributed by atoms with Gasteiger partial charge in [-0.05, 0) is 12.8 Å². The molecule has 0 saturated heterocycles. The van der Waals surface area contributed by atoms with Crippen molar-refractivity contribution in [3.63, 3.8) is 0 Å². The van der Waals surface area contributed by atoms with E-state index in [2.05, 4.69) is 11.4 Å². The fraction of sp³-hybridized carbons (Fsp3) is 0.625. The normalized spacial score (nSPS) is 11.3. The summed E-state index contributed by atoms with van der Waals surface area (Å²) in [5.74, 6) is 0.323. The molecule has 0 aromatic heterocycles. The fourth-order valence-electron chi connectivity index (χ4n) is 0.540. The van der Waals surface area contributed by atoms with Crippen molar-refractivity contribution in [2.45, 2.75) is 20.8 Å². The number of hydrogen-bond donors (Lipinski definition) is 1. The summed E-state index contributed by atoms with van der Waals surface area (Å²) in [6, 6.07) is 2.13. The van der Waals surface area contributed by atoms with Crippen molar-refractivity contribution in [3.05, 3.63) is 11.8 Å². The minimum absolute atomic E-state index is 0.323. The molecular weight excluding hydrogens is 124 g/mol. The standard InChI is InChI=1S/C8H14N2/c1-4-10-6-8(5-9)7(2)3/h6-7,10H,4H2,1-3H3/b8-6-. The van der Waals surface area contributed by atoms with Gasteiger partial charge in [-0.1, -0.05) is 13.8 Å². The molecule has 2 nitrogen and oxygen atoms in total. The van der Waals surface area contributed by atoms with Crippen LogP contribution in [-0.2, 0) is 0 Å². The van der Waals surface area contributed by atoms with E-state index < -0.39 is 0 Å². The van der Waals surface area contributed by atoms with Gasteiger partial charge < -0.3 is 5.32 Å². The van der Waals surface area contributed by atoms with Crippen LogP contribution in [0.3, 0.4) is 0 Å². The van der Waals surface area contributed by atoms with E-state index in [9.17, 15) is 0 Å². The van der Waals surface area contributed by atoms with Gasteiger partial charge in [-0.3, -0.25) is 0 Å². The lowest BCUT2D eigenvalue weighted by Gasteiger charge is -2.01. The summed E-state index contributed by atoms with van der Waals surface area (Å²) in [4.78, 5) is 0. The van der Waals surface area contributed by atoms with Crippen LogP contribution in [0.1, 0.15) is 20.8 Å². The summed E-state index contributed by atoms with van der Waals surface area (Å²) in [6.07, 6.45) is 1.78. The average Bonchev–Trinajstić information content (AvgIpc) is 1.89. The molecule has 0 rings (SSSR count). The molecule has 0 bridgehead atoms. The summed E-state index contributed by atoms with van der Waals surface area (Å²) in [5, 5.41) is 11.6. The monoisotopic (exact) mass is 138 g/mol. The van der Waals surface area contributed by atoms with Crippen molar-refractivity contribution in [1.29, 1.82) is 5.26 Å². The molecule has 0 saturated carbocycles. The van der Waals surface area contributed by atoms with E-state index in [-0.39, 0.29) is 0 Å². The van der Waals surface area contributed by atoms with Gasteiger partial charge in [0.15, 0.2) is 0 Å². The average molecular weight is 138 g/mol. The molecule has 0 aliphatic carbocycles. The summed E-state index contributed by atoms with van der Waals surface area (Å²) >= 11 is 0. The van der Waals surface area contributed by atoms with Crippen molar-refractivity contribution in [1.82, 2.24) is 5.32 Å². The minimum Gasteiger partial charge on any atom is -0.390 e. The van der Waals surface area contributed by atoms with E-state index in [4.69, 9.17) is 5.26 Å². The van der Waals surface area contributed by atoms with Gasteiger partial charge in [0.1, 0.15) is 0 Å². The van der Waals surface area contributed by atoms with Crippen LogP contribution in [0, 0.1) is 17.2 Å². The Kier molecular flexibility index (Phi) is 4.39. The molecule has 56 valence electrons. The quantitative estimate of drug-likeness (QED) is 0.602. The predicted octanol–water partition coefficient (Wildman–Crippen LogP) is 1.66. The Morgan fingerprint density at radius 3 is 2.60 bits per heavy atom. The molecule has 0 radical (unpaired) electrons. The zero-order valence-corrected chi connectivity index (χ0v) is 6.81. The summed E-state index contributed by atoms with van der Waals surface area (Å²) in [7, 11) is 0. The SMILES string of the molecule is CCN/C=C(/C#N)C(C)C. The maximum absolute atomic E-state index is 8.56.